The van der Waals surface area contributed by atoms with Gasteiger partial charge in [0.25, 0.3) is 0 Å². The summed E-state index contributed by atoms with van der Waals surface area (Å²) in [5.41, 5.74) is 16.5. The van der Waals surface area contributed by atoms with E-state index in [1.165, 1.54) is 32.9 Å². The van der Waals surface area contributed by atoms with E-state index in [0.29, 0.717) is 0 Å². The van der Waals surface area contributed by atoms with Crippen molar-refractivity contribution in [2.24, 2.45) is 0 Å². The minimum Gasteiger partial charge on any atom is -0.456 e. The van der Waals surface area contributed by atoms with Crippen LogP contribution in [0.25, 0.3) is 116 Å². The zero-order chi connectivity index (χ0) is 37.5. The van der Waals surface area contributed by atoms with Crippen molar-refractivity contribution in [1.82, 2.24) is 4.57 Å². The van der Waals surface area contributed by atoms with Gasteiger partial charge in [0.1, 0.15) is 22.3 Å². The highest BCUT2D eigenvalue weighted by atomic mass is 16.3. The van der Waals surface area contributed by atoms with Crippen molar-refractivity contribution in [2.75, 3.05) is 0 Å². The molecule has 0 amide bonds. The van der Waals surface area contributed by atoms with Crippen LogP contribution in [0.5, 0.6) is 0 Å². The Bertz CT molecular complexity index is 3450. The Labute approximate surface area is 328 Å². The molecule has 3 heterocycles. The molecule has 9 aromatic carbocycles. The first-order valence-corrected chi connectivity index (χ1v) is 19.4. The van der Waals surface area contributed by atoms with Crippen LogP contribution in [0, 0.1) is 0 Å². The molecule has 266 valence electrons. The predicted octanol–water partition coefficient (Wildman–Crippen LogP) is 15.3. The fourth-order valence-corrected chi connectivity index (χ4v) is 8.80. The standard InChI is InChI=1S/C54H33NO2/c1-5-13-49-43(9-1)44-10-2-6-14-50(44)55(49)42-25-21-36(22-26-42)40-29-39(30-41(31-40)38-24-28-54-48(33-38)46-12-4-8-16-52(46)57-54)35-19-17-34(18-20-35)37-23-27-53-47(32-37)45-11-3-7-15-51(45)56-53/h1-33H. The molecule has 0 N–H and O–H groups in total. The third-order valence-corrected chi connectivity index (χ3v) is 11.6. The molecule has 0 aliphatic rings. The zero-order valence-electron chi connectivity index (χ0n) is 30.8. The minimum atomic E-state index is 0.897. The van der Waals surface area contributed by atoms with Crippen LogP contribution < -0.4 is 0 Å². The maximum Gasteiger partial charge on any atom is 0.135 e. The average Bonchev–Trinajstić information content (AvgIpc) is 3.95. The van der Waals surface area contributed by atoms with Gasteiger partial charge in [-0.1, -0.05) is 121 Å². The number of fused-ring (bicyclic) bond motifs is 9. The van der Waals surface area contributed by atoms with Crippen LogP contribution in [0.4, 0.5) is 0 Å². The number of rotatable bonds is 5. The Balaban J connectivity index is 0.974. The number of hydrogen-bond donors (Lipinski definition) is 0. The third-order valence-electron chi connectivity index (χ3n) is 11.6. The second-order valence-electron chi connectivity index (χ2n) is 14.9. The molecule has 0 saturated carbocycles. The summed E-state index contributed by atoms with van der Waals surface area (Å²) < 4.78 is 14.7. The lowest BCUT2D eigenvalue weighted by Gasteiger charge is -2.13. The summed E-state index contributed by atoms with van der Waals surface area (Å²) in [7, 11) is 0. The quantitative estimate of drug-likeness (QED) is 0.177. The van der Waals surface area contributed by atoms with Gasteiger partial charge in [0.15, 0.2) is 0 Å². The van der Waals surface area contributed by atoms with Crippen molar-refractivity contribution in [2.45, 2.75) is 0 Å². The monoisotopic (exact) mass is 727 g/mol. The highest BCUT2D eigenvalue weighted by Crippen LogP contribution is 2.39. The first-order valence-electron chi connectivity index (χ1n) is 19.4. The summed E-state index contributed by atoms with van der Waals surface area (Å²) >= 11 is 0. The number of nitrogens with zero attached hydrogens (tertiary/aromatic N) is 1. The van der Waals surface area contributed by atoms with Crippen LogP contribution in [-0.2, 0) is 0 Å². The Morgan fingerprint density at radius 3 is 1.11 bits per heavy atom. The van der Waals surface area contributed by atoms with Crippen LogP contribution in [0.1, 0.15) is 0 Å². The van der Waals surface area contributed by atoms with Gasteiger partial charge in [-0.05, 0) is 123 Å². The molecule has 0 bridgehead atoms. The number of para-hydroxylation sites is 4. The molecule has 12 rings (SSSR count). The van der Waals surface area contributed by atoms with E-state index in [1.807, 2.05) is 24.3 Å². The van der Waals surface area contributed by atoms with Gasteiger partial charge in [0.2, 0.25) is 0 Å². The number of aromatic nitrogens is 1. The van der Waals surface area contributed by atoms with Gasteiger partial charge in [-0.25, -0.2) is 0 Å². The van der Waals surface area contributed by atoms with E-state index in [-0.39, 0.29) is 0 Å². The van der Waals surface area contributed by atoms with Gasteiger partial charge in [-0.2, -0.15) is 0 Å². The SMILES string of the molecule is c1ccc2c(c1)oc1ccc(-c3ccc(-c4cc(-c5ccc(-n6c7ccccc7c7ccccc76)cc5)cc(-c5ccc6oc7ccccc7c6c5)c4)cc3)cc12. The lowest BCUT2D eigenvalue weighted by molar-refractivity contribution is 0.668. The Kier molecular flexibility index (Phi) is 6.93. The van der Waals surface area contributed by atoms with Crippen molar-refractivity contribution in [1.29, 1.82) is 0 Å². The van der Waals surface area contributed by atoms with E-state index in [2.05, 4.69) is 180 Å². The summed E-state index contributed by atoms with van der Waals surface area (Å²) in [6, 6.07) is 71.8. The van der Waals surface area contributed by atoms with Crippen molar-refractivity contribution in [3.63, 3.8) is 0 Å². The summed E-state index contributed by atoms with van der Waals surface area (Å²) in [5.74, 6) is 0. The van der Waals surface area contributed by atoms with Crippen LogP contribution >= 0.6 is 0 Å². The molecule has 3 aromatic heterocycles. The topological polar surface area (TPSA) is 31.2 Å². The van der Waals surface area contributed by atoms with Crippen molar-refractivity contribution in [3.8, 4) is 50.2 Å². The second kappa shape index (κ2) is 12.5. The van der Waals surface area contributed by atoms with E-state index in [0.717, 1.165) is 82.9 Å². The van der Waals surface area contributed by atoms with Crippen LogP contribution in [0.2, 0.25) is 0 Å². The van der Waals surface area contributed by atoms with E-state index >= 15 is 0 Å². The van der Waals surface area contributed by atoms with Crippen molar-refractivity contribution >= 4 is 65.7 Å². The number of hydrogen-bond acceptors (Lipinski definition) is 2. The largest absolute Gasteiger partial charge is 0.456 e. The molecule has 0 atom stereocenters. The van der Waals surface area contributed by atoms with Crippen LogP contribution in [0.15, 0.2) is 209 Å². The molecule has 0 aliphatic carbocycles. The third kappa shape index (κ3) is 5.13. The summed E-state index contributed by atoms with van der Waals surface area (Å²) in [6.07, 6.45) is 0. The van der Waals surface area contributed by atoms with E-state index in [1.54, 1.807) is 0 Å². The van der Waals surface area contributed by atoms with Gasteiger partial charge < -0.3 is 13.4 Å². The first kappa shape index (κ1) is 31.7. The Morgan fingerprint density at radius 2 is 0.596 bits per heavy atom. The van der Waals surface area contributed by atoms with Gasteiger partial charge in [-0.3, -0.25) is 0 Å². The minimum absolute atomic E-state index is 0.897. The van der Waals surface area contributed by atoms with Gasteiger partial charge in [0, 0.05) is 38.0 Å². The van der Waals surface area contributed by atoms with Crippen molar-refractivity contribution in [3.05, 3.63) is 200 Å². The summed E-state index contributed by atoms with van der Waals surface area (Å²) in [6.45, 7) is 0. The van der Waals surface area contributed by atoms with Crippen LogP contribution in [-0.4, -0.2) is 4.57 Å². The molecule has 57 heavy (non-hydrogen) atoms. The highest BCUT2D eigenvalue weighted by Gasteiger charge is 2.15. The maximum absolute atomic E-state index is 6.21. The average molecular weight is 728 g/mol. The lowest BCUT2D eigenvalue weighted by Crippen LogP contribution is -1.93. The Hall–Kier alpha value is -7.62. The van der Waals surface area contributed by atoms with Gasteiger partial charge in [0.05, 0.1) is 11.0 Å². The van der Waals surface area contributed by atoms with Crippen molar-refractivity contribution < 1.29 is 8.83 Å². The van der Waals surface area contributed by atoms with E-state index in [9.17, 15) is 0 Å². The first-order chi connectivity index (χ1) is 28.2. The molecule has 3 nitrogen and oxygen atoms in total. The molecule has 3 heteroatoms. The Morgan fingerprint density at radius 1 is 0.246 bits per heavy atom. The molecule has 0 unspecified atom stereocenters. The summed E-state index contributed by atoms with van der Waals surface area (Å²) in [4.78, 5) is 0. The molecule has 0 aliphatic heterocycles. The molecular formula is C54H33NO2. The maximum atomic E-state index is 6.21. The fraction of sp³-hybridized carbons (Fsp3) is 0. The van der Waals surface area contributed by atoms with Crippen LogP contribution in [0.3, 0.4) is 0 Å². The lowest BCUT2D eigenvalue weighted by atomic mass is 9.92. The molecule has 12 aromatic rings. The number of furan rings is 2. The predicted molar refractivity (Wildman–Crippen MR) is 237 cm³/mol. The van der Waals surface area contributed by atoms with E-state index in [4.69, 9.17) is 8.83 Å². The smallest absolute Gasteiger partial charge is 0.135 e. The second-order valence-corrected chi connectivity index (χ2v) is 14.9. The molecule has 0 fully saturated rings. The molecular weight excluding hydrogens is 695 g/mol. The molecule has 0 saturated heterocycles. The fourth-order valence-electron chi connectivity index (χ4n) is 8.80. The van der Waals surface area contributed by atoms with Gasteiger partial charge >= 0.3 is 0 Å². The molecule has 0 radical (unpaired) electrons. The van der Waals surface area contributed by atoms with E-state index < -0.39 is 0 Å². The number of benzene rings is 9. The zero-order valence-corrected chi connectivity index (χ0v) is 30.8. The normalized spacial score (nSPS) is 11.9. The highest BCUT2D eigenvalue weighted by molar-refractivity contribution is 6.10. The molecule has 0 spiro atoms. The summed E-state index contributed by atoms with van der Waals surface area (Å²) in [5, 5.41) is 7.05. The van der Waals surface area contributed by atoms with Gasteiger partial charge in [-0.15, -0.1) is 0 Å².